The Hall–Kier alpha value is -2.92. The van der Waals surface area contributed by atoms with Gasteiger partial charge in [-0.05, 0) is 17.2 Å². The van der Waals surface area contributed by atoms with Crippen LogP contribution in [0.25, 0.3) is 5.70 Å². The number of rotatable bonds is 4. The van der Waals surface area contributed by atoms with Crippen molar-refractivity contribution in [3.63, 3.8) is 0 Å². The van der Waals surface area contributed by atoms with E-state index in [1.54, 1.807) is 4.90 Å². The summed E-state index contributed by atoms with van der Waals surface area (Å²) in [6, 6.07) is 19.5. The molecule has 1 heterocycles. The van der Waals surface area contributed by atoms with E-state index in [1.807, 2.05) is 66.7 Å². The maximum atomic E-state index is 12.8. The molecule has 3 rings (SSSR count). The van der Waals surface area contributed by atoms with Crippen molar-refractivity contribution in [1.29, 1.82) is 0 Å². The number of carbonyl (C=O) groups is 2. The van der Waals surface area contributed by atoms with E-state index in [0.29, 0.717) is 13.1 Å². The summed E-state index contributed by atoms with van der Waals surface area (Å²) in [6.45, 7) is 0.981. The molecule has 0 saturated heterocycles. The SMILES string of the molecule is COC(=O)C1/C=C(/c2ccccc2)N(Cc2ccccc2)C(=O)CNC1. The van der Waals surface area contributed by atoms with Gasteiger partial charge >= 0.3 is 5.97 Å². The molecule has 1 aliphatic heterocycles. The Bertz CT molecular complexity index is 787. The molecule has 1 N–H and O–H groups in total. The van der Waals surface area contributed by atoms with Gasteiger partial charge in [-0.3, -0.25) is 9.59 Å². The number of nitrogens with one attached hydrogen (secondary N) is 1. The first-order chi connectivity index (χ1) is 12.7. The molecule has 1 unspecified atom stereocenters. The van der Waals surface area contributed by atoms with Crippen molar-refractivity contribution in [3.05, 3.63) is 77.9 Å². The Morgan fingerprint density at radius 3 is 2.42 bits per heavy atom. The maximum Gasteiger partial charge on any atom is 0.313 e. The van der Waals surface area contributed by atoms with Gasteiger partial charge in [0, 0.05) is 12.2 Å². The minimum atomic E-state index is -0.457. The zero-order valence-electron chi connectivity index (χ0n) is 14.7. The maximum absolute atomic E-state index is 12.8. The van der Waals surface area contributed by atoms with Crippen molar-refractivity contribution in [2.45, 2.75) is 6.54 Å². The van der Waals surface area contributed by atoms with Crippen LogP contribution in [0.15, 0.2) is 66.7 Å². The van der Waals surface area contributed by atoms with Gasteiger partial charge in [-0.25, -0.2) is 0 Å². The van der Waals surface area contributed by atoms with Crippen molar-refractivity contribution in [1.82, 2.24) is 10.2 Å². The van der Waals surface area contributed by atoms with E-state index in [4.69, 9.17) is 4.74 Å². The summed E-state index contributed by atoms with van der Waals surface area (Å²) < 4.78 is 4.92. The van der Waals surface area contributed by atoms with Gasteiger partial charge in [-0.1, -0.05) is 60.7 Å². The van der Waals surface area contributed by atoms with Gasteiger partial charge in [-0.2, -0.15) is 0 Å². The smallest absolute Gasteiger partial charge is 0.313 e. The predicted octanol–water partition coefficient (Wildman–Crippen LogP) is 2.45. The highest BCUT2D eigenvalue weighted by Gasteiger charge is 2.26. The molecule has 0 bridgehead atoms. The molecule has 26 heavy (non-hydrogen) atoms. The average Bonchev–Trinajstić information content (AvgIpc) is 2.68. The van der Waals surface area contributed by atoms with E-state index in [9.17, 15) is 9.59 Å². The number of carbonyl (C=O) groups excluding carboxylic acids is 2. The highest BCUT2D eigenvalue weighted by Crippen LogP contribution is 2.25. The van der Waals surface area contributed by atoms with Crippen LogP contribution < -0.4 is 5.32 Å². The van der Waals surface area contributed by atoms with E-state index in [0.717, 1.165) is 16.8 Å². The quantitative estimate of drug-likeness (QED) is 0.861. The first-order valence-corrected chi connectivity index (χ1v) is 8.59. The molecule has 2 aromatic rings. The summed E-state index contributed by atoms with van der Waals surface area (Å²) in [5, 5.41) is 3.05. The van der Waals surface area contributed by atoms with E-state index in [2.05, 4.69) is 5.32 Å². The number of hydrogen-bond donors (Lipinski definition) is 1. The van der Waals surface area contributed by atoms with Gasteiger partial charge < -0.3 is 15.0 Å². The highest BCUT2D eigenvalue weighted by molar-refractivity contribution is 5.90. The highest BCUT2D eigenvalue weighted by atomic mass is 16.5. The van der Waals surface area contributed by atoms with Crippen molar-refractivity contribution in [2.24, 2.45) is 5.92 Å². The van der Waals surface area contributed by atoms with E-state index >= 15 is 0 Å². The Morgan fingerprint density at radius 1 is 1.12 bits per heavy atom. The summed E-state index contributed by atoms with van der Waals surface area (Å²) in [5.41, 5.74) is 2.65. The van der Waals surface area contributed by atoms with Crippen LogP contribution in [0.1, 0.15) is 11.1 Å². The summed E-state index contributed by atoms with van der Waals surface area (Å²) in [7, 11) is 1.38. The number of nitrogens with zero attached hydrogens (tertiary/aromatic N) is 1. The summed E-state index contributed by atoms with van der Waals surface area (Å²) >= 11 is 0. The monoisotopic (exact) mass is 350 g/mol. The van der Waals surface area contributed by atoms with Crippen molar-refractivity contribution in [2.75, 3.05) is 20.2 Å². The van der Waals surface area contributed by atoms with Crippen LogP contribution in [0.5, 0.6) is 0 Å². The largest absolute Gasteiger partial charge is 0.469 e. The summed E-state index contributed by atoms with van der Waals surface area (Å²) in [5.74, 6) is -0.811. The lowest BCUT2D eigenvalue weighted by molar-refractivity contribution is -0.144. The lowest BCUT2D eigenvalue weighted by Gasteiger charge is -2.29. The second kappa shape index (κ2) is 8.45. The van der Waals surface area contributed by atoms with Crippen molar-refractivity contribution < 1.29 is 14.3 Å². The molecule has 5 heteroatoms. The van der Waals surface area contributed by atoms with Crippen LogP contribution in [-0.4, -0.2) is 37.0 Å². The lowest BCUT2D eigenvalue weighted by atomic mass is 10.0. The van der Waals surface area contributed by atoms with Crippen molar-refractivity contribution >= 4 is 17.6 Å². The number of methoxy groups -OCH3 is 1. The van der Waals surface area contributed by atoms with Gasteiger partial charge in [0.2, 0.25) is 5.91 Å². The fraction of sp³-hybridized carbons (Fsp3) is 0.238. The Morgan fingerprint density at radius 2 is 1.77 bits per heavy atom. The Kier molecular flexibility index (Phi) is 5.81. The van der Waals surface area contributed by atoms with Gasteiger partial charge in [-0.15, -0.1) is 0 Å². The third-order valence-electron chi connectivity index (χ3n) is 4.35. The molecule has 5 nitrogen and oxygen atoms in total. The molecule has 1 amide bonds. The molecule has 0 radical (unpaired) electrons. The van der Waals surface area contributed by atoms with Crippen LogP contribution in [0.2, 0.25) is 0 Å². The number of hydrogen-bond acceptors (Lipinski definition) is 4. The molecule has 0 saturated carbocycles. The predicted molar refractivity (Wildman–Crippen MR) is 99.8 cm³/mol. The van der Waals surface area contributed by atoms with E-state index in [1.165, 1.54) is 7.11 Å². The molecule has 0 spiro atoms. The standard InChI is InChI=1S/C21H22N2O3/c1-26-21(25)18-12-19(17-10-6-3-7-11-17)23(20(24)14-22-13-18)15-16-8-4-2-5-9-16/h2-12,18,22H,13-15H2,1H3/b19-12-. The lowest BCUT2D eigenvalue weighted by Crippen LogP contribution is -2.42. The molecule has 0 aromatic heterocycles. The first-order valence-electron chi connectivity index (χ1n) is 8.59. The third-order valence-corrected chi connectivity index (χ3v) is 4.35. The van der Waals surface area contributed by atoms with Crippen LogP contribution >= 0.6 is 0 Å². The van der Waals surface area contributed by atoms with Crippen LogP contribution in [0, 0.1) is 5.92 Å². The van der Waals surface area contributed by atoms with Gasteiger partial charge in [0.15, 0.2) is 0 Å². The van der Waals surface area contributed by atoms with Crippen molar-refractivity contribution in [3.8, 4) is 0 Å². The van der Waals surface area contributed by atoms with Gasteiger partial charge in [0.1, 0.15) is 0 Å². The molecule has 0 aliphatic carbocycles. The van der Waals surface area contributed by atoms with Gasteiger partial charge in [0.25, 0.3) is 0 Å². The van der Waals surface area contributed by atoms with Crippen LogP contribution in [-0.2, 0) is 20.9 Å². The fourth-order valence-corrected chi connectivity index (χ4v) is 3.01. The number of esters is 1. The Labute approximate surface area is 153 Å². The number of ether oxygens (including phenoxy) is 1. The molecular weight excluding hydrogens is 328 g/mol. The minimum absolute atomic E-state index is 0.0349. The Balaban J connectivity index is 2.04. The zero-order valence-corrected chi connectivity index (χ0v) is 14.7. The molecule has 2 aromatic carbocycles. The van der Waals surface area contributed by atoms with Gasteiger partial charge in [0.05, 0.1) is 26.1 Å². The van der Waals surface area contributed by atoms with E-state index in [-0.39, 0.29) is 18.4 Å². The summed E-state index contributed by atoms with van der Waals surface area (Å²) in [6.07, 6.45) is 1.83. The van der Waals surface area contributed by atoms with Crippen LogP contribution in [0.3, 0.4) is 0 Å². The first kappa shape index (κ1) is 17.9. The van der Waals surface area contributed by atoms with Crippen LogP contribution in [0.4, 0.5) is 0 Å². The molecule has 1 atom stereocenters. The number of benzene rings is 2. The second-order valence-electron chi connectivity index (χ2n) is 6.14. The molecular formula is C21H22N2O3. The average molecular weight is 350 g/mol. The normalized spacial score (nSPS) is 19.9. The van der Waals surface area contributed by atoms with E-state index < -0.39 is 5.92 Å². The summed E-state index contributed by atoms with van der Waals surface area (Å²) in [4.78, 5) is 26.7. The minimum Gasteiger partial charge on any atom is -0.469 e. The fourth-order valence-electron chi connectivity index (χ4n) is 3.01. The third kappa shape index (κ3) is 4.18. The molecule has 0 fully saturated rings. The molecule has 134 valence electrons. The second-order valence-corrected chi connectivity index (χ2v) is 6.14. The zero-order chi connectivity index (χ0) is 18.4. The molecule has 1 aliphatic rings. The number of amides is 1. The topological polar surface area (TPSA) is 58.6 Å².